The van der Waals surface area contributed by atoms with Crippen LogP contribution in [0, 0.1) is 17.0 Å². The molecule has 120 valence electrons. The summed E-state index contributed by atoms with van der Waals surface area (Å²) in [6, 6.07) is 11.7. The van der Waals surface area contributed by atoms with E-state index in [1.54, 1.807) is 24.3 Å². The monoisotopic (exact) mass is 333 g/mol. The Kier molecular flexibility index (Phi) is 5.54. The van der Waals surface area contributed by atoms with Gasteiger partial charge < -0.3 is 10.6 Å². The van der Waals surface area contributed by atoms with Crippen LogP contribution in [0.4, 0.5) is 11.4 Å². The van der Waals surface area contributed by atoms with Crippen molar-refractivity contribution in [2.75, 3.05) is 18.4 Å². The maximum atomic E-state index is 12.0. The van der Waals surface area contributed by atoms with Gasteiger partial charge in [0.15, 0.2) is 0 Å². The summed E-state index contributed by atoms with van der Waals surface area (Å²) in [7, 11) is 0. The molecule has 0 atom stereocenters. The minimum Gasteiger partial charge on any atom is -0.378 e. The second-order valence-corrected chi connectivity index (χ2v) is 5.35. The largest absolute Gasteiger partial charge is 0.378 e. The third-order valence-corrected chi connectivity index (χ3v) is 3.51. The minimum absolute atomic E-state index is 0.0947. The van der Waals surface area contributed by atoms with Gasteiger partial charge in [-0.1, -0.05) is 29.8 Å². The van der Waals surface area contributed by atoms with Crippen molar-refractivity contribution in [3.63, 3.8) is 0 Å². The van der Waals surface area contributed by atoms with Crippen molar-refractivity contribution in [3.8, 4) is 0 Å². The third-order valence-electron chi connectivity index (χ3n) is 3.27. The van der Waals surface area contributed by atoms with Crippen molar-refractivity contribution >= 4 is 28.9 Å². The number of anilines is 1. The first-order valence-corrected chi connectivity index (χ1v) is 7.38. The van der Waals surface area contributed by atoms with Crippen LogP contribution in [0.5, 0.6) is 0 Å². The van der Waals surface area contributed by atoms with Gasteiger partial charge in [0.1, 0.15) is 5.69 Å². The number of amides is 1. The van der Waals surface area contributed by atoms with Crippen LogP contribution < -0.4 is 10.6 Å². The van der Waals surface area contributed by atoms with Crippen LogP contribution in [0.2, 0.25) is 5.02 Å². The fraction of sp³-hybridized carbons (Fsp3) is 0.188. The quantitative estimate of drug-likeness (QED) is 0.482. The van der Waals surface area contributed by atoms with Gasteiger partial charge in [-0.2, -0.15) is 0 Å². The molecule has 1 amide bonds. The Bertz CT molecular complexity index is 734. The highest BCUT2D eigenvalue weighted by Crippen LogP contribution is 2.27. The lowest BCUT2D eigenvalue weighted by Gasteiger charge is -2.10. The highest BCUT2D eigenvalue weighted by Gasteiger charge is 2.14. The fourth-order valence-corrected chi connectivity index (χ4v) is 2.27. The van der Waals surface area contributed by atoms with Gasteiger partial charge in [-0.05, 0) is 30.7 Å². The van der Waals surface area contributed by atoms with Crippen molar-refractivity contribution in [1.29, 1.82) is 0 Å². The lowest BCUT2D eigenvalue weighted by molar-refractivity contribution is -0.383. The summed E-state index contributed by atoms with van der Waals surface area (Å²) in [6.45, 7) is 2.57. The fourth-order valence-electron chi connectivity index (χ4n) is 2.10. The number of nitrogens with one attached hydrogen (secondary N) is 2. The predicted molar refractivity (Wildman–Crippen MR) is 90.1 cm³/mol. The number of benzene rings is 2. The summed E-state index contributed by atoms with van der Waals surface area (Å²) in [4.78, 5) is 22.5. The lowest BCUT2D eigenvalue weighted by Crippen LogP contribution is -2.29. The number of halogens is 1. The number of hydrogen-bond acceptors (Lipinski definition) is 4. The van der Waals surface area contributed by atoms with Crippen LogP contribution in [-0.2, 0) is 0 Å². The molecule has 0 radical (unpaired) electrons. The maximum absolute atomic E-state index is 12.0. The van der Waals surface area contributed by atoms with Crippen LogP contribution in [0.1, 0.15) is 15.9 Å². The van der Waals surface area contributed by atoms with Crippen LogP contribution in [0.25, 0.3) is 0 Å². The molecule has 0 unspecified atom stereocenters. The molecular formula is C16H16ClN3O3. The van der Waals surface area contributed by atoms with E-state index in [1.165, 1.54) is 6.07 Å². The molecule has 0 aliphatic rings. The van der Waals surface area contributed by atoms with Gasteiger partial charge in [0, 0.05) is 29.7 Å². The van der Waals surface area contributed by atoms with E-state index in [9.17, 15) is 14.9 Å². The van der Waals surface area contributed by atoms with Crippen LogP contribution in [0.15, 0.2) is 42.5 Å². The van der Waals surface area contributed by atoms with Gasteiger partial charge in [-0.3, -0.25) is 14.9 Å². The number of hydrogen-bond donors (Lipinski definition) is 2. The Hall–Kier alpha value is -2.60. The predicted octanol–water partition coefficient (Wildman–Crippen LogP) is 3.40. The van der Waals surface area contributed by atoms with Gasteiger partial charge in [0.05, 0.1) is 4.92 Å². The maximum Gasteiger partial charge on any atom is 0.293 e. The molecule has 7 heteroatoms. The normalized spacial score (nSPS) is 10.2. The van der Waals surface area contributed by atoms with Crippen molar-refractivity contribution in [2.24, 2.45) is 0 Å². The van der Waals surface area contributed by atoms with Crippen LogP contribution >= 0.6 is 11.6 Å². The van der Waals surface area contributed by atoms with E-state index >= 15 is 0 Å². The molecule has 2 rings (SSSR count). The molecule has 2 aromatic carbocycles. The van der Waals surface area contributed by atoms with E-state index in [-0.39, 0.29) is 11.6 Å². The molecule has 2 aromatic rings. The molecule has 0 aromatic heterocycles. The molecule has 6 nitrogen and oxygen atoms in total. The number of carbonyl (C=O) groups excluding carboxylic acids is 1. The second-order valence-electron chi connectivity index (χ2n) is 4.92. The first-order chi connectivity index (χ1) is 11.0. The van der Waals surface area contributed by atoms with Crippen LogP contribution in [-0.4, -0.2) is 23.9 Å². The van der Waals surface area contributed by atoms with Crippen LogP contribution in [0.3, 0.4) is 0 Å². The zero-order valence-electron chi connectivity index (χ0n) is 12.5. The highest BCUT2D eigenvalue weighted by molar-refractivity contribution is 6.30. The summed E-state index contributed by atoms with van der Waals surface area (Å²) in [5.74, 6) is -0.171. The van der Waals surface area contributed by atoms with E-state index in [2.05, 4.69) is 10.6 Å². The molecular weight excluding hydrogens is 318 g/mol. The smallest absolute Gasteiger partial charge is 0.293 e. The summed E-state index contributed by atoms with van der Waals surface area (Å²) in [5, 5.41) is 17.0. The molecule has 0 saturated heterocycles. The molecule has 0 spiro atoms. The molecule has 0 heterocycles. The number of nitro groups is 1. The van der Waals surface area contributed by atoms with Gasteiger partial charge in [-0.15, -0.1) is 0 Å². The summed E-state index contributed by atoms with van der Waals surface area (Å²) in [5.41, 5.74) is 1.78. The molecule has 0 saturated carbocycles. The van der Waals surface area contributed by atoms with E-state index in [0.29, 0.717) is 29.4 Å². The number of rotatable bonds is 6. The Morgan fingerprint density at radius 2 is 1.96 bits per heavy atom. The zero-order chi connectivity index (χ0) is 16.8. The summed E-state index contributed by atoms with van der Waals surface area (Å²) >= 11 is 5.76. The average Bonchev–Trinajstić information content (AvgIpc) is 2.52. The number of aryl methyl sites for hydroxylation is 1. The molecule has 23 heavy (non-hydrogen) atoms. The van der Waals surface area contributed by atoms with Gasteiger partial charge in [0.2, 0.25) is 0 Å². The van der Waals surface area contributed by atoms with Crippen molar-refractivity contribution < 1.29 is 9.72 Å². The SMILES string of the molecule is Cc1ccccc1C(=O)NCCNc1ccc(Cl)cc1[N+](=O)[O-]. The third kappa shape index (κ3) is 4.43. The summed E-state index contributed by atoms with van der Waals surface area (Å²) in [6.07, 6.45) is 0. The number of nitro benzene ring substituents is 1. The van der Waals surface area contributed by atoms with Gasteiger partial charge >= 0.3 is 0 Å². The lowest BCUT2D eigenvalue weighted by atomic mass is 10.1. The van der Waals surface area contributed by atoms with E-state index in [0.717, 1.165) is 5.56 Å². The molecule has 0 aliphatic heterocycles. The van der Waals surface area contributed by atoms with Gasteiger partial charge in [-0.25, -0.2) is 0 Å². The molecule has 0 bridgehead atoms. The highest BCUT2D eigenvalue weighted by atomic mass is 35.5. The molecule has 0 fully saturated rings. The van der Waals surface area contributed by atoms with E-state index < -0.39 is 4.92 Å². The second kappa shape index (κ2) is 7.60. The Labute approximate surface area is 138 Å². The molecule has 0 aliphatic carbocycles. The van der Waals surface area contributed by atoms with Gasteiger partial charge in [0.25, 0.3) is 11.6 Å². The zero-order valence-corrected chi connectivity index (χ0v) is 13.3. The Morgan fingerprint density at radius 1 is 1.22 bits per heavy atom. The topological polar surface area (TPSA) is 84.3 Å². The number of nitrogens with zero attached hydrogens (tertiary/aromatic N) is 1. The standard InChI is InChI=1S/C16H16ClN3O3/c1-11-4-2-3-5-13(11)16(21)19-9-8-18-14-7-6-12(17)10-15(14)20(22)23/h2-7,10,18H,8-9H2,1H3,(H,19,21). The number of carbonyl (C=O) groups is 1. The van der Waals surface area contributed by atoms with E-state index in [1.807, 2.05) is 19.1 Å². The minimum atomic E-state index is -0.500. The first-order valence-electron chi connectivity index (χ1n) is 7.00. The Balaban J connectivity index is 1.90. The van der Waals surface area contributed by atoms with E-state index in [4.69, 9.17) is 11.6 Å². The Morgan fingerprint density at radius 3 is 2.65 bits per heavy atom. The average molecular weight is 334 g/mol. The first kappa shape index (κ1) is 16.8. The van der Waals surface area contributed by atoms with Crippen molar-refractivity contribution in [2.45, 2.75) is 6.92 Å². The van der Waals surface area contributed by atoms with Crippen molar-refractivity contribution in [3.05, 3.63) is 68.7 Å². The summed E-state index contributed by atoms with van der Waals surface area (Å²) < 4.78 is 0. The van der Waals surface area contributed by atoms with Crippen molar-refractivity contribution in [1.82, 2.24) is 5.32 Å². The molecule has 2 N–H and O–H groups in total.